The molecule has 1 aromatic carbocycles. The first kappa shape index (κ1) is 16.1. The number of hydrogen-bond donors (Lipinski definition) is 2. The van der Waals surface area contributed by atoms with Gasteiger partial charge in [0.15, 0.2) is 0 Å². The molecule has 8 heteroatoms. The summed E-state index contributed by atoms with van der Waals surface area (Å²) in [6.07, 6.45) is 1.65. The van der Waals surface area contributed by atoms with Gasteiger partial charge >= 0.3 is 16.2 Å². The standard InChI is InChI=1S/C14H17N3O4S/c1-10-9-11(15-22(20,21)16(2)3)6-7-12(10)17-8-4-5-13(17)14(18)19/h4-9,15H,1-3H3,(H,18,19). The Morgan fingerprint density at radius 1 is 1.27 bits per heavy atom. The van der Waals surface area contributed by atoms with Crippen LogP contribution in [0.3, 0.4) is 0 Å². The van der Waals surface area contributed by atoms with Crippen molar-refractivity contribution >= 4 is 21.9 Å². The van der Waals surface area contributed by atoms with E-state index >= 15 is 0 Å². The van der Waals surface area contributed by atoms with E-state index in [1.165, 1.54) is 20.2 Å². The van der Waals surface area contributed by atoms with E-state index in [4.69, 9.17) is 5.11 Å². The minimum absolute atomic E-state index is 0.143. The van der Waals surface area contributed by atoms with Gasteiger partial charge in [-0.15, -0.1) is 0 Å². The summed E-state index contributed by atoms with van der Waals surface area (Å²) >= 11 is 0. The number of aromatic carboxylic acids is 1. The van der Waals surface area contributed by atoms with Crippen LogP contribution in [-0.2, 0) is 10.2 Å². The van der Waals surface area contributed by atoms with Gasteiger partial charge in [0.1, 0.15) is 5.69 Å². The number of hydrogen-bond acceptors (Lipinski definition) is 3. The van der Waals surface area contributed by atoms with E-state index in [2.05, 4.69) is 4.72 Å². The third-order valence-corrected chi connectivity index (χ3v) is 4.61. The molecular weight excluding hydrogens is 306 g/mol. The summed E-state index contributed by atoms with van der Waals surface area (Å²) in [5.74, 6) is -1.03. The molecule has 0 spiro atoms. The summed E-state index contributed by atoms with van der Waals surface area (Å²) in [6, 6.07) is 8.07. The lowest BCUT2D eigenvalue weighted by atomic mass is 10.1. The van der Waals surface area contributed by atoms with E-state index in [9.17, 15) is 13.2 Å². The Bertz CT molecular complexity index is 809. The van der Waals surface area contributed by atoms with Crippen molar-refractivity contribution in [3.8, 4) is 5.69 Å². The maximum Gasteiger partial charge on any atom is 0.352 e. The quantitative estimate of drug-likeness (QED) is 0.876. The van der Waals surface area contributed by atoms with Crippen molar-refractivity contribution in [2.45, 2.75) is 6.92 Å². The predicted molar refractivity (Wildman–Crippen MR) is 83.7 cm³/mol. The second kappa shape index (κ2) is 5.82. The van der Waals surface area contributed by atoms with E-state index in [1.807, 2.05) is 0 Å². The van der Waals surface area contributed by atoms with Crippen LogP contribution in [0, 0.1) is 6.92 Å². The summed E-state index contributed by atoms with van der Waals surface area (Å²) in [4.78, 5) is 11.2. The topological polar surface area (TPSA) is 91.6 Å². The van der Waals surface area contributed by atoms with E-state index in [1.54, 1.807) is 42.0 Å². The van der Waals surface area contributed by atoms with Crippen LogP contribution in [0.25, 0.3) is 5.69 Å². The lowest BCUT2D eigenvalue weighted by molar-refractivity contribution is 0.0688. The lowest BCUT2D eigenvalue weighted by Crippen LogP contribution is -2.28. The molecule has 1 aromatic heterocycles. The summed E-state index contributed by atoms with van der Waals surface area (Å²) < 4.78 is 28.7. The number of nitrogens with one attached hydrogen (secondary N) is 1. The molecule has 0 saturated heterocycles. The van der Waals surface area contributed by atoms with Crippen molar-refractivity contribution in [1.82, 2.24) is 8.87 Å². The van der Waals surface area contributed by atoms with Crippen LogP contribution in [0.1, 0.15) is 16.1 Å². The Kier molecular flexibility index (Phi) is 4.25. The van der Waals surface area contributed by atoms with Crippen LogP contribution in [0.5, 0.6) is 0 Å². The van der Waals surface area contributed by atoms with Gasteiger partial charge in [0.2, 0.25) is 0 Å². The van der Waals surface area contributed by atoms with Gasteiger partial charge in [-0.1, -0.05) is 0 Å². The molecule has 0 fully saturated rings. The molecule has 2 N–H and O–H groups in total. The van der Waals surface area contributed by atoms with Crippen LogP contribution >= 0.6 is 0 Å². The predicted octanol–water partition coefficient (Wildman–Crippen LogP) is 1.70. The Hall–Kier alpha value is -2.32. The second-order valence-corrected chi connectivity index (χ2v) is 6.84. The number of aromatic nitrogens is 1. The van der Waals surface area contributed by atoms with Gasteiger partial charge in [0, 0.05) is 26.0 Å². The molecule has 0 bridgehead atoms. The summed E-state index contributed by atoms with van der Waals surface area (Å²) in [7, 11) is -0.708. The van der Waals surface area contributed by atoms with Crippen LogP contribution in [-0.4, -0.2) is 42.5 Å². The zero-order chi connectivity index (χ0) is 16.5. The van der Waals surface area contributed by atoms with Gasteiger partial charge in [0.25, 0.3) is 0 Å². The minimum Gasteiger partial charge on any atom is -0.477 e. The van der Waals surface area contributed by atoms with Crippen LogP contribution < -0.4 is 4.72 Å². The Balaban J connectivity index is 2.39. The average molecular weight is 323 g/mol. The first-order valence-corrected chi connectivity index (χ1v) is 7.88. The fourth-order valence-electron chi connectivity index (χ4n) is 1.99. The van der Waals surface area contributed by atoms with Crippen LogP contribution in [0.4, 0.5) is 5.69 Å². The number of anilines is 1. The molecular formula is C14H17N3O4S. The number of rotatable bonds is 5. The zero-order valence-electron chi connectivity index (χ0n) is 12.4. The number of carboxylic acid groups (broad SMARTS) is 1. The van der Waals surface area contributed by atoms with Crippen molar-refractivity contribution in [2.75, 3.05) is 18.8 Å². The highest BCUT2D eigenvalue weighted by molar-refractivity contribution is 7.90. The zero-order valence-corrected chi connectivity index (χ0v) is 13.3. The van der Waals surface area contributed by atoms with E-state index < -0.39 is 16.2 Å². The van der Waals surface area contributed by atoms with Crippen molar-refractivity contribution in [2.24, 2.45) is 0 Å². The highest BCUT2D eigenvalue weighted by Gasteiger charge is 2.15. The van der Waals surface area contributed by atoms with Crippen molar-refractivity contribution in [1.29, 1.82) is 0 Å². The average Bonchev–Trinajstić information content (AvgIpc) is 2.87. The van der Waals surface area contributed by atoms with E-state index in [-0.39, 0.29) is 5.69 Å². The number of aryl methyl sites for hydroxylation is 1. The molecule has 118 valence electrons. The number of nitrogens with zero attached hydrogens (tertiary/aromatic N) is 2. The molecule has 7 nitrogen and oxygen atoms in total. The van der Waals surface area contributed by atoms with Crippen molar-refractivity contribution < 1.29 is 18.3 Å². The first-order valence-electron chi connectivity index (χ1n) is 6.44. The Morgan fingerprint density at radius 3 is 2.50 bits per heavy atom. The molecule has 0 amide bonds. The van der Waals surface area contributed by atoms with Crippen molar-refractivity contribution in [3.63, 3.8) is 0 Å². The van der Waals surface area contributed by atoms with Gasteiger partial charge in [-0.2, -0.15) is 12.7 Å². The Morgan fingerprint density at radius 2 is 1.95 bits per heavy atom. The van der Waals surface area contributed by atoms with Gasteiger partial charge in [-0.05, 0) is 42.8 Å². The van der Waals surface area contributed by atoms with Gasteiger partial charge in [0.05, 0.1) is 5.69 Å². The Labute approximate surface area is 129 Å². The SMILES string of the molecule is Cc1cc(NS(=O)(=O)N(C)C)ccc1-n1cccc1C(=O)O. The molecule has 0 saturated carbocycles. The van der Waals surface area contributed by atoms with Gasteiger partial charge in [-0.25, -0.2) is 4.79 Å². The molecule has 0 radical (unpaired) electrons. The molecule has 0 aliphatic rings. The third kappa shape index (κ3) is 3.12. The van der Waals surface area contributed by atoms with Crippen LogP contribution in [0.2, 0.25) is 0 Å². The fourth-order valence-corrected chi connectivity index (χ4v) is 2.60. The molecule has 1 heterocycles. The highest BCUT2D eigenvalue weighted by Crippen LogP contribution is 2.22. The molecule has 0 unspecified atom stereocenters. The maximum atomic E-state index is 11.8. The molecule has 0 atom stereocenters. The third-order valence-electron chi connectivity index (χ3n) is 3.15. The highest BCUT2D eigenvalue weighted by atomic mass is 32.2. The molecule has 2 rings (SSSR count). The fraction of sp³-hybridized carbons (Fsp3) is 0.214. The van der Waals surface area contributed by atoms with E-state index in [0.717, 1.165) is 9.87 Å². The molecule has 0 aliphatic heterocycles. The van der Waals surface area contributed by atoms with Gasteiger partial charge in [-0.3, -0.25) is 4.72 Å². The normalized spacial score (nSPS) is 11.6. The maximum absolute atomic E-state index is 11.8. The van der Waals surface area contributed by atoms with Gasteiger partial charge < -0.3 is 9.67 Å². The van der Waals surface area contributed by atoms with Crippen molar-refractivity contribution in [3.05, 3.63) is 47.8 Å². The van der Waals surface area contributed by atoms with E-state index in [0.29, 0.717) is 11.4 Å². The molecule has 0 aliphatic carbocycles. The molecule has 2 aromatic rings. The summed E-state index contributed by atoms with van der Waals surface area (Å²) in [5.41, 5.74) is 1.98. The summed E-state index contributed by atoms with van der Waals surface area (Å²) in [6.45, 7) is 1.79. The minimum atomic E-state index is -3.57. The monoisotopic (exact) mass is 323 g/mol. The summed E-state index contributed by atoms with van der Waals surface area (Å²) in [5, 5.41) is 9.16. The largest absolute Gasteiger partial charge is 0.477 e. The smallest absolute Gasteiger partial charge is 0.352 e. The first-order chi connectivity index (χ1) is 10.2. The number of carboxylic acids is 1. The second-order valence-electron chi connectivity index (χ2n) is 4.96. The lowest BCUT2D eigenvalue weighted by Gasteiger charge is -2.15. The molecule has 22 heavy (non-hydrogen) atoms. The van der Waals surface area contributed by atoms with Crippen LogP contribution in [0.15, 0.2) is 36.5 Å². The number of benzene rings is 1. The number of carbonyl (C=O) groups is 1.